The summed E-state index contributed by atoms with van der Waals surface area (Å²) in [4.78, 5) is 12.2. The van der Waals surface area contributed by atoms with Gasteiger partial charge in [-0.05, 0) is 67.1 Å². The van der Waals surface area contributed by atoms with E-state index in [2.05, 4.69) is 10.0 Å². The summed E-state index contributed by atoms with van der Waals surface area (Å²) in [5.74, 6) is -0.656. The van der Waals surface area contributed by atoms with Gasteiger partial charge >= 0.3 is 0 Å². The molecule has 0 saturated heterocycles. The van der Waals surface area contributed by atoms with Crippen LogP contribution in [-0.2, 0) is 14.8 Å². The van der Waals surface area contributed by atoms with Crippen molar-refractivity contribution in [1.29, 1.82) is 0 Å². The number of amides is 1. The van der Waals surface area contributed by atoms with Crippen molar-refractivity contribution in [2.24, 2.45) is 0 Å². The van der Waals surface area contributed by atoms with Crippen molar-refractivity contribution < 1.29 is 22.3 Å². The van der Waals surface area contributed by atoms with Crippen molar-refractivity contribution in [3.8, 4) is 5.75 Å². The van der Waals surface area contributed by atoms with Gasteiger partial charge < -0.3 is 10.1 Å². The van der Waals surface area contributed by atoms with E-state index in [9.17, 15) is 17.6 Å². The molecule has 0 spiro atoms. The first-order valence-corrected chi connectivity index (χ1v) is 11.6. The highest BCUT2D eigenvalue weighted by Crippen LogP contribution is 2.32. The summed E-state index contributed by atoms with van der Waals surface area (Å²) in [6.45, 7) is 1.29. The van der Waals surface area contributed by atoms with E-state index in [4.69, 9.17) is 39.5 Å². The molecule has 0 fully saturated rings. The Morgan fingerprint density at radius 2 is 1.62 bits per heavy atom. The summed E-state index contributed by atoms with van der Waals surface area (Å²) in [6, 6.07) is 11.9. The van der Waals surface area contributed by atoms with Crippen LogP contribution in [0.2, 0.25) is 15.1 Å². The number of aryl methyl sites for hydroxylation is 1. The minimum absolute atomic E-state index is 0.0151. The Bertz CT molecular complexity index is 1270. The summed E-state index contributed by atoms with van der Waals surface area (Å²) < 4.78 is 46.0. The Kier molecular flexibility index (Phi) is 7.51. The second-order valence-corrected chi connectivity index (χ2v) is 9.53. The molecule has 0 atom stereocenters. The molecule has 168 valence electrons. The van der Waals surface area contributed by atoms with E-state index in [1.165, 1.54) is 42.5 Å². The van der Waals surface area contributed by atoms with E-state index in [1.807, 2.05) is 0 Å². The number of benzene rings is 3. The van der Waals surface area contributed by atoms with E-state index in [0.717, 1.165) is 12.1 Å². The second kappa shape index (κ2) is 9.95. The lowest BCUT2D eigenvalue weighted by molar-refractivity contribution is -0.118. The van der Waals surface area contributed by atoms with E-state index in [-0.39, 0.29) is 37.9 Å². The van der Waals surface area contributed by atoms with Crippen molar-refractivity contribution in [3.63, 3.8) is 0 Å². The van der Waals surface area contributed by atoms with Crippen LogP contribution in [0.15, 0.2) is 59.5 Å². The summed E-state index contributed by atoms with van der Waals surface area (Å²) >= 11 is 17.8. The lowest BCUT2D eigenvalue weighted by atomic mass is 10.2. The lowest BCUT2D eigenvalue weighted by Gasteiger charge is -2.13. The van der Waals surface area contributed by atoms with Crippen LogP contribution in [0.1, 0.15) is 5.56 Å². The molecule has 3 rings (SSSR count). The molecule has 0 heterocycles. The van der Waals surface area contributed by atoms with Gasteiger partial charge in [-0.2, -0.15) is 0 Å². The predicted molar refractivity (Wildman–Crippen MR) is 124 cm³/mol. The molecule has 0 unspecified atom stereocenters. The van der Waals surface area contributed by atoms with E-state index >= 15 is 0 Å². The average Bonchev–Trinajstić information content (AvgIpc) is 2.72. The van der Waals surface area contributed by atoms with Crippen LogP contribution < -0.4 is 14.8 Å². The SMILES string of the molecule is Cc1cc(S(=O)(=O)Nc2ccc(F)cc2)ccc1OCC(=O)Nc1cc(Cl)c(Cl)cc1Cl. The fraction of sp³-hybridized carbons (Fsp3) is 0.0952. The number of hydrogen-bond acceptors (Lipinski definition) is 4. The third-order valence-electron chi connectivity index (χ3n) is 4.20. The molecular formula is C21H16Cl3FN2O4S. The highest BCUT2D eigenvalue weighted by atomic mass is 35.5. The van der Waals surface area contributed by atoms with Gasteiger partial charge in [0.15, 0.2) is 6.61 Å². The zero-order valence-electron chi connectivity index (χ0n) is 16.5. The molecule has 0 aromatic heterocycles. The number of carbonyl (C=O) groups is 1. The fourth-order valence-corrected chi connectivity index (χ4v) is 4.37. The van der Waals surface area contributed by atoms with Crippen LogP contribution in [0.3, 0.4) is 0 Å². The molecule has 3 aromatic rings. The monoisotopic (exact) mass is 516 g/mol. The fourth-order valence-electron chi connectivity index (χ4n) is 2.63. The van der Waals surface area contributed by atoms with Crippen LogP contribution in [-0.4, -0.2) is 20.9 Å². The topological polar surface area (TPSA) is 84.5 Å². The first kappa shape index (κ1) is 24.1. The van der Waals surface area contributed by atoms with Gasteiger partial charge in [-0.3, -0.25) is 9.52 Å². The van der Waals surface area contributed by atoms with Crippen molar-refractivity contribution >= 4 is 62.1 Å². The van der Waals surface area contributed by atoms with Crippen molar-refractivity contribution in [1.82, 2.24) is 0 Å². The first-order valence-electron chi connectivity index (χ1n) is 9.01. The largest absolute Gasteiger partial charge is 0.483 e. The van der Waals surface area contributed by atoms with Gasteiger partial charge in [0.1, 0.15) is 11.6 Å². The number of sulfonamides is 1. The Labute approximate surface area is 199 Å². The van der Waals surface area contributed by atoms with E-state index in [0.29, 0.717) is 11.3 Å². The number of rotatable bonds is 7. The molecule has 3 aromatic carbocycles. The van der Waals surface area contributed by atoms with Crippen LogP contribution >= 0.6 is 34.8 Å². The molecule has 1 amide bonds. The molecule has 0 aliphatic heterocycles. The van der Waals surface area contributed by atoms with Crippen molar-refractivity contribution in [3.05, 3.63) is 81.0 Å². The Balaban J connectivity index is 1.65. The van der Waals surface area contributed by atoms with E-state index < -0.39 is 21.7 Å². The highest BCUT2D eigenvalue weighted by molar-refractivity contribution is 7.92. The third-order valence-corrected chi connectivity index (χ3v) is 6.61. The Hall–Kier alpha value is -2.52. The molecule has 2 N–H and O–H groups in total. The minimum Gasteiger partial charge on any atom is -0.483 e. The second-order valence-electron chi connectivity index (χ2n) is 6.62. The number of carbonyl (C=O) groups excluding carboxylic acids is 1. The molecule has 6 nitrogen and oxygen atoms in total. The van der Waals surface area contributed by atoms with Gasteiger partial charge in [0, 0.05) is 5.69 Å². The van der Waals surface area contributed by atoms with Crippen LogP contribution in [0.4, 0.5) is 15.8 Å². The zero-order chi connectivity index (χ0) is 23.5. The highest BCUT2D eigenvalue weighted by Gasteiger charge is 2.17. The molecule has 0 radical (unpaired) electrons. The normalized spacial score (nSPS) is 11.2. The quantitative estimate of drug-likeness (QED) is 0.381. The summed E-state index contributed by atoms with van der Waals surface area (Å²) in [5, 5.41) is 3.26. The maximum absolute atomic E-state index is 13.0. The maximum Gasteiger partial charge on any atom is 0.262 e. The zero-order valence-corrected chi connectivity index (χ0v) is 19.5. The predicted octanol–water partition coefficient (Wildman–Crippen LogP) is 5.91. The Morgan fingerprint density at radius 3 is 2.28 bits per heavy atom. The van der Waals surface area contributed by atoms with Crippen LogP contribution in [0.25, 0.3) is 0 Å². The van der Waals surface area contributed by atoms with Crippen molar-refractivity contribution in [2.75, 3.05) is 16.6 Å². The molecule has 0 aliphatic carbocycles. The number of anilines is 2. The number of ether oxygens (including phenoxy) is 1. The maximum atomic E-state index is 13.0. The molecule has 0 bridgehead atoms. The summed E-state index contributed by atoms with van der Waals surface area (Å²) in [7, 11) is -3.90. The average molecular weight is 518 g/mol. The molecule has 0 saturated carbocycles. The minimum atomic E-state index is -3.90. The smallest absolute Gasteiger partial charge is 0.262 e. The van der Waals surface area contributed by atoms with Crippen LogP contribution in [0.5, 0.6) is 5.75 Å². The standard InChI is InChI=1S/C21H16Cl3FN2O4S/c1-12-8-15(32(29,30)27-14-4-2-13(25)3-5-14)6-7-20(12)31-11-21(28)26-19-10-17(23)16(22)9-18(19)24/h2-10,27H,11H2,1H3,(H,26,28). The van der Waals surface area contributed by atoms with Gasteiger partial charge in [-0.15, -0.1) is 0 Å². The lowest BCUT2D eigenvalue weighted by Crippen LogP contribution is -2.20. The molecule has 0 aliphatic rings. The van der Waals surface area contributed by atoms with E-state index in [1.54, 1.807) is 6.92 Å². The first-order chi connectivity index (χ1) is 15.0. The number of nitrogens with one attached hydrogen (secondary N) is 2. The van der Waals surface area contributed by atoms with Gasteiger partial charge in [0.05, 0.1) is 25.7 Å². The molecule has 32 heavy (non-hydrogen) atoms. The molecule has 11 heteroatoms. The summed E-state index contributed by atoms with van der Waals surface area (Å²) in [6.07, 6.45) is 0. The van der Waals surface area contributed by atoms with Gasteiger partial charge in [0.25, 0.3) is 15.9 Å². The number of hydrogen-bond donors (Lipinski definition) is 2. The third kappa shape index (κ3) is 6.04. The van der Waals surface area contributed by atoms with Crippen LogP contribution in [0, 0.1) is 12.7 Å². The summed E-state index contributed by atoms with van der Waals surface area (Å²) in [5.41, 5.74) is 0.995. The van der Waals surface area contributed by atoms with Gasteiger partial charge in [0.2, 0.25) is 0 Å². The molecular weight excluding hydrogens is 502 g/mol. The van der Waals surface area contributed by atoms with Gasteiger partial charge in [-0.1, -0.05) is 34.8 Å². The Morgan fingerprint density at radius 1 is 0.969 bits per heavy atom. The van der Waals surface area contributed by atoms with Crippen molar-refractivity contribution in [2.45, 2.75) is 11.8 Å². The number of halogens is 4. The van der Waals surface area contributed by atoms with Gasteiger partial charge in [-0.25, -0.2) is 12.8 Å².